The van der Waals surface area contributed by atoms with Crippen LogP contribution in [0.5, 0.6) is 5.75 Å². The number of carbonyl (C=O) groups is 1. The number of nitrogens with zero attached hydrogens (tertiary/aromatic N) is 1. The highest BCUT2D eigenvalue weighted by atomic mass is 16.5. The maximum absolute atomic E-state index is 12.0. The highest BCUT2D eigenvalue weighted by molar-refractivity contribution is 5.93. The summed E-state index contributed by atoms with van der Waals surface area (Å²) in [7, 11) is 1.41. The largest absolute Gasteiger partial charge is 0.488 e. The summed E-state index contributed by atoms with van der Waals surface area (Å²) in [5.74, 6) is 0.484. The smallest absolute Gasteiger partial charge is 0.337 e. The van der Waals surface area contributed by atoms with Gasteiger partial charge in [0.05, 0.1) is 12.7 Å². The van der Waals surface area contributed by atoms with Gasteiger partial charge in [-0.2, -0.15) is 0 Å². The van der Waals surface area contributed by atoms with Crippen molar-refractivity contribution >= 4 is 11.5 Å². The van der Waals surface area contributed by atoms with Crippen LogP contribution in [0.1, 0.15) is 46.3 Å². The number of carbonyl (C=O) groups excluding carboxylic acids is 1. The summed E-state index contributed by atoms with van der Waals surface area (Å²) in [6.07, 6.45) is 5.88. The molecule has 0 saturated carbocycles. The molecule has 0 N–H and O–H groups in total. The molecule has 2 heterocycles. The molecule has 0 bridgehead atoms. The molecule has 27 heavy (non-hydrogen) atoms. The third kappa shape index (κ3) is 3.76. The van der Waals surface area contributed by atoms with Crippen LogP contribution in [0.25, 0.3) is 5.57 Å². The van der Waals surface area contributed by atoms with E-state index >= 15 is 0 Å². The predicted molar refractivity (Wildman–Crippen MR) is 106 cm³/mol. The van der Waals surface area contributed by atoms with E-state index in [0.29, 0.717) is 12.2 Å². The molecule has 2 aliphatic heterocycles. The van der Waals surface area contributed by atoms with Crippen molar-refractivity contribution in [2.45, 2.75) is 25.9 Å². The zero-order chi connectivity index (χ0) is 18.6. The van der Waals surface area contributed by atoms with Gasteiger partial charge >= 0.3 is 5.97 Å². The molecule has 0 aliphatic carbocycles. The van der Waals surface area contributed by atoms with Gasteiger partial charge in [-0.25, -0.2) is 4.79 Å². The SMILES string of the molecule is COC(=O)c1ccc2c(c1)/C(=C\CCN1CCCC1)c1ccccc1CO2. The Bertz CT molecular complexity index is 866. The Hall–Kier alpha value is -2.59. The minimum Gasteiger partial charge on any atom is -0.488 e. The number of fused-ring (bicyclic) bond motifs is 2. The van der Waals surface area contributed by atoms with Gasteiger partial charge < -0.3 is 14.4 Å². The molecule has 0 spiro atoms. The Morgan fingerprint density at radius 3 is 2.78 bits per heavy atom. The Labute approximate surface area is 160 Å². The lowest BCUT2D eigenvalue weighted by atomic mass is 9.92. The molecule has 2 aromatic carbocycles. The first-order valence-electron chi connectivity index (χ1n) is 9.62. The first-order chi connectivity index (χ1) is 13.3. The van der Waals surface area contributed by atoms with E-state index in [9.17, 15) is 4.79 Å². The van der Waals surface area contributed by atoms with Crippen molar-refractivity contribution in [3.8, 4) is 5.75 Å². The number of esters is 1. The van der Waals surface area contributed by atoms with Crippen LogP contribution >= 0.6 is 0 Å². The summed E-state index contributed by atoms with van der Waals surface area (Å²) < 4.78 is 11.0. The average Bonchev–Trinajstić information content (AvgIpc) is 3.17. The summed E-state index contributed by atoms with van der Waals surface area (Å²) in [6.45, 7) is 4.00. The summed E-state index contributed by atoms with van der Waals surface area (Å²) >= 11 is 0. The molecule has 4 nitrogen and oxygen atoms in total. The molecule has 0 amide bonds. The first-order valence-corrected chi connectivity index (χ1v) is 9.62. The van der Waals surface area contributed by atoms with E-state index in [1.54, 1.807) is 6.07 Å². The van der Waals surface area contributed by atoms with Crippen LogP contribution in [0.3, 0.4) is 0 Å². The number of benzene rings is 2. The van der Waals surface area contributed by atoms with Crippen molar-refractivity contribution in [2.75, 3.05) is 26.7 Å². The molecule has 140 valence electrons. The van der Waals surface area contributed by atoms with Crippen LogP contribution in [0.4, 0.5) is 0 Å². The van der Waals surface area contributed by atoms with E-state index in [4.69, 9.17) is 9.47 Å². The van der Waals surface area contributed by atoms with Gasteiger partial charge in [-0.1, -0.05) is 30.3 Å². The van der Waals surface area contributed by atoms with Crippen LogP contribution in [0, 0.1) is 0 Å². The van der Waals surface area contributed by atoms with Crippen LogP contribution in [-0.2, 0) is 11.3 Å². The fourth-order valence-corrected chi connectivity index (χ4v) is 3.94. The van der Waals surface area contributed by atoms with Crippen molar-refractivity contribution in [1.82, 2.24) is 4.90 Å². The van der Waals surface area contributed by atoms with Gasteiger partial charge in [-0.15, -0.1) is 0 Å². The van der Waals surface area contributed by atoms with E-state index in [0.717, 1.165) is 29.9 Å². The number of likely N-dealkylation sites (tertiary alicyclic amines) is 1. The summed E-state index contributed by atoms with van der Waals surface area (Å²) in [5.41, 5.74) is 5.00. The van der Waals surface area contributed by atoms with E-state index in [1.165, 1.54) is 44.2 Å². The topological polar surface area (TPSA) is 38.8 Å². The van der Waals surface area contributed by atoms with Gasteiger partial charge in [-0.05, 0) is 67.3 Å². The van der Waals surface area contributed by atoms with Gasteiger partial charge in [0.1, 0.15) is 12.4 Å². The van der Waals surface area contributed by atoms with E-state index in [2.05, 4.69) is 29.2 Å². The maximum atomic E-state index is 12.0. The van der Waals surface area contributed by atoms with Crippen molar-refractivity contribution in [1.29, 1.82) is 0 Å². The highest BCUT2D eigenvalue weighted by Crippen LogP contribution is 2.37. The molecule has 2 aromatic rings. The fraction of sp³-hybridized carbons (Fsp3) is 0.348. The van der Waals surface area contributed by atoms with Crippen LogP contribution in [0.2, 0.25) is 0 Å². The number of hydrogen-bond donors (Lipinski definition) is 0. The predicted octanol–water partition coefficient (Wildman–Crippen LogP) is 4.28. The van der Waals surface area contributed by atoms with Gasteiger partial charge in [0, 0.05) is 12.1 Å². The monoisotopic (exact) mass is 363 g/mol. The number of methoxy groups -OCH3 is 1. The van der Waals surface area contributed by atoms with Crippen molar-refractivity contribution < 1.29 is 14.3 Å². The zero-order valence-electron chi connectivity index (χ0n) is 15.7. The van der Waals surface area contributed by atoms with Gasteiger partial charge in [0.25, 0.3) is 0 Å². The number of ether oxygens (including phenoxy) is 2. The molecule has 1 fully saturated rings. The quantitative estimate of drug-likeness (QED) is 0.760. The molecular weight excluding hydrogens is 338 g/mol. The number of hydrogen-bond acceptors (Lipinski definition) is 4. The Morgan fingerprint density at radius 2 is 1.96 bits per heavy atom. The second kappa shape index (κ2) is 7.97. The van der Waals surface area contributed by atoms with E-state index in [1.807, 2.05) is 18.2 Å². The van der Waals surface area contributed by atoms with Crippen LogP contribution < -0.4 is 4.74 Å². The molecule has 2 aliphatic rings. The molecule has 1 saturated heterocycles. The normalized spacial score (nSPS) is 17.7. The Balaban J connectivity index is 1.73. The molecule has 4 heteroatoms. The molecule has 0 radical (unpaired) electrons. The van der Waals surface area contributed by atoms with Gasteiger partial charge in [0.15, 0.2) is 0 Å². The Kier molecular flexibility index (Phi) is 5.26. The van der Waals surface area contributed by atoms with Gasteiger partial charge in [-0.3, -0.25) is 0 Å². The number of rotatable bonds is 4. The zero-order valence-corrected chi connectivity index (χ0v) is 15.7. The lowest BCUT2D eigenvalue weighted by Crippen LogP contribution is -2.19. The second-order valence-electron chi connectivity index (χ2n) is 7.10. The minimum atomic E-state index is -0.327. The van der Waals surface area contributed by atoms with E-state index < -0.39 is 0 Å². The molecule has 4 rings (SSSR count). The van der Waals surface area contributed by atoms with E-state index in [-0.39, 0.29) is 5.97 Å². The lowest BCUT2D eigenvalue weighted by Gasteiger charge is -2.15. The van der Waals surface area contributed by atoms with Crippen LogP contribution in [0.15, 0.2) is 48.5 Å². The molecular formula is C23H25NO3. The second-order valence-corrected chi connectivity index (χ2v) is 7.10. The average molecular weight is 363 g/mol. The minimum absolute atomic E-state index is 0.327. The molecule has 0 atom stereocenters. The third-order valence-corrected chi connectivity index (χ3v) is 5.37. The summed E-state index contributed by atoms with van der Waals surface area (Å²) in [5, 5.41) is 0. The fourth-order valence-electron chi connectivity index (χ4n) is 3.94. The standard InChI is InChI=1S/C23H25NO3/c1-26-23(25)17-10-11-22-21(15-17)20(9-6-14-24-12-4-5-13-24)19-8-3-2-7-18(19)16-27-22/h2-3,7-11,15H,4-6,12-14,16H2,1H3/b20-9-. The van der Waals surface area contributed by atoms with Crippen LogP contribution in [-0.4, -0.2) is 37.6 Å². The summed E-state index contributed by atoms with van der Waals surface area (Å²) in [4.78, 5) is 14.6. The maximum Gasteiger partial charge on any atom is 0.337 e. The highest BCUT2D eigenvalue weighted by Gasteiger charge is 2.21. The first kappa shape index (κ1) is 17.8. The van der Waals surface area contributed by atoms with Gasteiger partial charge in [0.2, 0.25) is 0 Å². The van der Waals surface area contributed by atoms with Crippen molar-refractivity contribution in [3.63, 3.8) is 0 Å². The van der Waals surface area contributed by atoms with Crippen molar-refractivity contribution in [3.05, 3.63) is 70.8 Å². The molecule has 0 aromatic heterocycles. The lowest BCUT2D eigenvalue weighted by molar-refractivity contribution is 0.0600. The summed E-state index contributed by atoms with van der Waals surface area (Å²) in [6, 6.07) is 13.9. The third-order valence-electron chi connectivity index (χ3n) is 5.37. The Morgan fingerprint density at radius 1 is 1.15 bits per heavy atom. The van der Waals surface area contributed by atoms with Crippen molar-refractivity contribution in [2.24, 2.45) is 0 Å². The molecule has 0 unspecified atom stereocenters.